The van der Waals surface area contributed by atoms with Crippen molar-refractivity contribution in [1.82, 2.24) is 9.88 Å². The summed E-state index contributed by atoms with van der Waals surface area (Å²) in [6, 6.07) is 6.91. The number of oxazole rings is 1. The molecular weight excluding hydrogens is 306 g/mol. The van der Waals surface area contributed by atoms with E-state index in [0.717, 1.165) is 12.0 Å². The third-order valence-corrected chi connectivity index (χ3v) is 4.16. The van der Waals surface area contributed by atoms with Gasteiger partial charge in [-0.2, -0.15) is 0 Å². The number of nitrogens with zero attached hydrogens (tertiary/aromatic N) is 2. The predicted octanol–water partition coefficient (Wildman–Crippen LogP) is 2.93. The third-order valence-electron chi connectivity index (χ3n) is 4.16. The first-order chi connectivity index (χ1) is 11.6. The van der Waals surface area contributed by atoms with Crippen molar-refractivity contribution in [2.45, 2.75) is 32.7 Å². The number of rotatable bonds is 4. The van der Waals surface area contributed by atoms with Gasteiger partial charge in [0.15, 0.2) is 0 Å². The Labute approximate surface area is 140 Å². The molecule has 6 nitrogen and oxygen atoms in total. The van der Waals surface area contributed by atoms with Crippen LogP contribution in [-0.2, 0) is 9.59 Å². The fourth-order valence-corrected chi connectivity index (χ4v) is 2.92. The van der Waals surface area contributed by atoms with E-state index in [2.05, 4.69) is 10.3 Å². The molecule has 2 amide bonds. The second-order valence-corrected chi connectivity index (χ2v) is 6.25. The molecule has 24 heavy (non-hydrogen) atoms. The summed E-state index contributed by atoms with van der Waals surface area (Å²) in [5, 5.41) is 2.90. The molecule has 1 N–H and O–H groups in total. The lowest BCUT2D eigenvalue weighted by Crippen LogP contribution is -2.44. The van der Waals surface area contributed by atoms with Crippen molar-refractivity contribution in [3.05, 3.63) is 36.7 Å². The van der Waals surface area contributed by atoms with E-state index in [9.17, 15) is 9.59 Å². The highest BCUT2D eigenvalue weighted by Gasteiger charge is 2.34. The molecule has 1 aromatic carbocycles. The van der Waals surface area contributed by atoms with Crippen LogP contribution < -0.4 is 5.32 Å². The van der Waals surface area contributed by atoms with Crippen molar-refractivity contribution >= 4 is 17.5 Å². The Morgan fingerprint density at radius 1 is 1.29 bits per heavy atom. The van der Waals surface area contributed by atoms with Gasteiger partial charge >= 0.3 is 0 Å². The molecule has 2 heterocycles. The SMILES string of the molecule is CC(C)C(=O)N1CCCC1C(=O)Nc1ccc(-c2ncco2)cc1. The van der Waals surface area contributed by atoms with Gasteiger partial charge < -0.3 is 14.6 Å². The van der Waals surface area contributed by atoms with Gasteiger partial charge in [-0.25, -0.2) is 4.98 Å². The molecule has 0 aliphatic carbocycles. The highest BCUT2D eigenvalue weighted by atomic mass is 16.3. The molecule has 1 atom stereocenters. The Hall–Kier alpha value is -2.63. The number of aromatic nitrogens is 1. The van der Waals surface area contributed by atoms with Crippen LogP contribution in [0.3, 0.4) is 0 Å². The van der Waals surface area contributed by atoms with Crippen molar-refractivity contribution in [2.75, 3.05) is 11.9 Å². The highest BCUT2D eigenvalue weighted by Crippen LogP contribution is 2.23. The number of likely N-dealkylation sites (tertiary alicyclic amines) is 1. The Bertz CT molecular complexity index is 708. The monoisotopic (exact) mass is 327 g/mol. The van der Waals surface area contributed by atoms with E-state index in [4.69, 9.17) is 4.42 Å². The van der Waals surface area contributed by atoms with Crippen molar-refractivity contribution in [3.63, 3.8) is 0 Å². The number of carbonyl (C=O) groups is 2. The third kappa shape index (κ3) is 3.32. The number of nitrogens with one attached hydrogen (secondary N) is 1. The van der Waals surface area contributed by atoms with E-state index in [1.54, 1.807) is 23.2 Å². The first kappa shape index (κ1) is 16.2. The molecule has 126 valence electrons. The number of amides is 2. The van der Waals surface area contributed by atoms with Gasteiger partial charge in [-0.15, -0.1) is 0 Å². The van der Waals surface area contributed by atoms with Gasteiger partial charge in [-0.3, -0.25) is 9.59 Å². The number of carbonyl (C=O) groups excluding carboxylic acids is 2. The van der Waals surface area contributed by atoms with Crippen molar-refractivity contribution < 1.29 is 14.0 Å². The summed E-state index contributed by atoms with van der Waals surface area (Å²) in [6.07, 6.45) is 4.68. The van der Waals surface area contributed by atoms with Crippen molar-refractivity contribution in [2.24, 2.45) is 5.92 Å². The minimum atomic E-state index is -0.383. The molecule has 1 aliphatic heterocycles. The molecule has 0 spiro atoms. The maximum atomic E-state index is 12.5. The second kappa shape index (κ2) is 6.86. The number of hydrogen-bond acceptors (Lipinski definition) is 4. The molecule has 1 aliphatic rings. The van der Waals surface area contributed by atoms with Crippen molar-refractivity contribution in [3.8, 4) is 11.5 Å². The topological polar surface area (TPSA) is 75.4 Å². The van der Waals surface area contributed by atoms with E-state index in [1.165, 1.54) is 6.26 Å². The Morgan fingerprint density at radius 2 is 2.04 bits per heavy atom. The maximum Gasteiger partial charge on any atom is 0.247 e. The van der Waals surface area contributed by atoms with Gasteiger partial charge in [-0.05, 0) is 37.1 Å². The van der Waals surface area contributed by atoms with Crippen LogP contribution in [0.15, 0.2) is 41.1 Å². The van der Waals surface area contributed by atoms with E-state index in [1.807, 2.05) is 26.0 Å². The van der Waals surface area contributed by atoms with E-state index < -0.39 is 0 Å². The largest absolute Gasteiger partial charge is 0.445 e. The molecule has 2 aromatic rings. The van der Waals surface area contributed by atoms with E-state index in [-0.39, 0.29) is 23.8 Å². The minimum Gasteiger partial charge on any atom is -0.445 e. The van der Waals surface area contributed by atoms with Gasteiger partial charge in [0, 0.05) is 23.7 Å². The van der Waals surface area contributed by atoms with Gasteiger partial charge in [0.2, 0.25) is 17.7 Å². The normalized spacial score (nSPS) is 17.3. The maximum absolute atomic E-state index is 12.5. The average molecular weight is 327 g/mol. The lowest BCUT2D eigenvalue weighted by atomic mass is 10.1. The number of hydrogen-bond donors (Lipinski definition) is 1. The smallest absolute Gasteiger partial charge is 0.247 e. The van der Waals surface area contributed by atoms with Gasteiger partial charge in [0.25, 0.3) is 0 Å². The summed E-state index contributed by atoms with van der Waals surface area (Å²) in [4.78, 5) is 30.5. The molecule has 0 radical (unpaired) electrons. The van der Waals surface area contributed by atoms with Crippen LogP contribution in [0.5, 0.6) is 0 Å². The molecule has 0 bridgehead atoms. The summed E-state index contributed by atoms with van der Waals surface area (Å²) in [5.74, 6) is 0.341. The summed E-state index contributed by atoms with van der Waals surface area (Å²) in [6.45, 7) is 4.37. The quantitative estimate of drug-likeness (QED) is 0.937. The van der Waals surface area contributed by atoms with Gasteiger partial charge in [0.1, 0.15) is 12.3 Å². The summed E-state index contributed by atoms with van der Waals surface area (Å²) in [7, 11) is 0. The minimum absolute atomic E-state index is 0.0342. The lowest BCUT2D eigenvalue weighted by Gasteiger charge is -2.25. The molecule has 3 rings (SSSR count). The molecule has 6 heteroatoms. The van der Waals surface area contributed by atoms with Crippen LogP contribution >= 0.6 is 0 Å². The summed E-state index contributed by atoms with van der Waals surface area (Å²) in [5.41, 5.74) is 1.54. The number of anilines is 1. The Kier molecular flexibility index (Phi) is 4.64. The van der Waals surface area contributed by atoms with Crippen LogP contribution in [0.25, 0.3) is 11.5 Å². The first-order valence-electron chi connectivity index (χ1n) is 8.17. The van der Waals surface area contributed by atoms with Crippen LogP contribution in [0.4, 0.5) is 5.69 Å². The number of benzene rings is 1. The molecule has 1 aromatic heterocycles. The molecule has 1 unspecified atom stereocenters. The van der Waals surface area contributed by atoms with Gasteiger partial charge in [0.05, 0.1) is 6.20 Å². The Balaban J connectivity index is 1.67. The van der Waals surface area contributed by atoms with Crippen LogP contribution in [0.2, 0.25) is 0 Å². The fourth-order valence-electron chi connectivity index (χ4n) is 2.92. The zero-order chi connectivity index (χ0) is 17.1. The first-order valence-corrected chi connectivity index (χ1v) is 8.17. The van der Waals surface area contributed by atoms with Crippen LogP contribution in [0.1, 0.15) is 26.7 Å². The van der Waals surface area contributed by atoms with Crippen LogP contribution in [-0.4, -0.2) is 34.3 Å². The average Bonchev–Trinajstić information content (AvgIpc) is 3.26. The highest BCUT2D eigenvalue weighted by molar-refractivity contribution is 5.97. The standard InChI is InChI=1S/C18H21N3O3/c1-12(2)18(23)21-10-3-4-15(21)16(22)20-14-7-5-13(6-8-14)17-19-9-11-24-17/h5-9,11-12,15H,3-4,10H2,1-2H3,(H,20,22). The zero-order valence-corrected chi connectivity index (χ0v) is 13.9. The molecule has 1 fully saturated rings. The van der Waals surface area contributed by atoms with Crippen LogP contribution in [0, 0.1) is 5.92 Å². The Morgan fingerprint density at radius 3 is 2.67 bits per heavy atom. The zero-order valence-electron chi connectivity index (χ0n) is 13.9. The second-order valence-electron chi connectivity index (χ2n) is 6.25. The predicted molar refractivity (Wildman–Crippen MR) is 90.1 cm³/mol. The molecular formula is C18H21N3O3. The van der Waals surface area contributed by atoms with Crippen molar-refractivity contribution in [1.29, 1.82) is 0 Å². The van der Waals surface area contributed by atoms with E-state index >= 15 is 0 Å². The summed E-state index contributed by atoms with van der Waals surface area (Å²) >= 11 is 0. The van der Waals surface area contributed by atoms with E-state index in [0.29, 0.717) is 24.5 Å². The molecule has 1 saturated heterocycles. The lowest BCUT2D eigenvalue weighted by molar-refractivity contribution is -0.139. The van der Waals surface area contributed by atoms with Gasteiger partial charge in [-0.1, -0.05) is 13.8 Å². The molecule has 0 saturated carbocycles. The summed E-state index contributed by atoms with van der Waals surface area (Å²) < 4.78 is 5.24. The fraction of sp³-hybridized carbons (Fsp3) is 0.389.